The van der Waals surface area contributed by atoms with Crippen molar-refractivity contribution >= 4 is 15.7 Å². The second kappa shape index (κ2) is 5.42. The van der Waals surface area contributed by atoms with Crippen molar-refractivity contribution in [3.8, 4) is 0 Å². The van der Waals surface area contributed by atoms with Crippen LogP contribution in [-0.2, 0) is 10.0 Å². The molecule has 0 fully saturated rings. The molecule has 0 saturated carbocycles. The van der Waals surface area contributed by atoms with Crippen LogP contribution in [0.25, 0.3) is 0 Å². The van der Waals surface area contributed by atoms with Gasteiger partial charge in [-0.1, -0.05) is 13.3 Å². The van der Waals surface area contributed by atoms with Gasteiger partial charge in [0.25, 0.3) is 0 Å². The van der Waals surface area contributed by atoms with E-state index in [4.69, 9.17) is 5.73 Å². The lowest BCUT2D eigenvalue weighted by Crippen LogP contribution is -2.25. The smallest absolute Gasteiger partial charge is 0.243 e. The van der Waals surface area contributed by atoms with Gasteiger partial charge in [-0.25, -0.2) is 21.9 Å². The Morgan fingerprint density at radius 1 is 1.29 bits per heavy atom. The Hall–Kier alpha value is -1.21. The van der Waals surface area contributed by atoms with Gasteiger partial charge in [0, 0.05) is 12.6 Å². The predicted octanol–water partition coefficient (Wildman–Crippen LogP) is 1.63. The van der Waals surface area contributed by atoms with Crippen molar-refractivity contribution in [2.75, 3.05) is 12.3 Å². The van der Waals surface area contributed by atoms with E-state index in [1.54, 1.807) is 0 Å². The third-order valence-electron chi connectivity index (χ3n) is 2.16. The Morgan fingerprint density at radius 2 is 1.94 bits per heavy atom. The lowest BCUT2D eigenvalue weighted by Gasteiger charge is -2.08. The van der Waals surface area contributed by atoms with Gasteiger partial charge >= 0.3 is 0 Å². The molecule has 0 radical (unpaired) electrons. The van der Waals surface area contributed by atoms with Crippen molar-refractivity contribution in [3.63, 3.8) is 0 Å². The molecule has 4 nitrogen and oxygen atoms in total. The molecule has 0 saturated heterocycles. The molecule has 0 unspecified atom stereocenters. The number of hydrogen-bond acceptors (Lipinski definition) is 3. The molecule has 0 aliphatic heterocycles. The lowest BCUT2D eigenvalue weighted by atomic mass is 10.3. The van der Waals surface area contributed by atoms with E-state index < -0.39 is 32.2 Å². The summed E-state index contributed by atoms with van der Waals surface area (Å²) in [5.41, 5.74) is 4.81. The van der Waals surface area contributed by atoms with Gasteiger partial charge in [-0.3, -0.25) is 0 Å². The average molecular weight is 264 g/mol. The van der Waals surface area contributed by atoms with Crippen LogP contribution >= 0.6 is 0 Å². The summed E-state index contributed by atoms with van der Waals surface area (Å²) in [6, 6.07) is 1.24. The number of nitrogens with one attached hydrogen (secondary N) is 1. The number of rotatable bonds is 5. The molecule has 0 amide bonds. The van der Waals surface area contributed by atoms with Crippen LogP contribution in [0.4, 0.5) is 14.5 Å². The van der Waals surface area contributed by atoms with Gasteiger partial charge in [0.15, 0.2) is 0 Å². The van der Waals surface area contributed by atoms with Gasteiger partial charge in [-0.2, -0.15) is 0 Å². The quantitative estimate of drug-likeness (QED) is 0.627. The van der Waals surface area contributed by atoms with Crippen molar-refractivity contribution in [1.82, 2.24) is 4.72 Å². The number of halogens is 2. The van der Waals surface area contributed by atoms with Crippen LogP contribution in [-0.4, -0.2) is 15.0 Å². The molecule has 0 bridgehead atoms. The zero-order valence-electron chi connectivity index (χ0n) is 9.33. The van der Waals surface area contributed by atoms with Gasteiger partial charge in [0.1, 0.15) is 16.5 Å². The summed E-state index contributed by atoms with van der Waals surface area (Å²) < 4.78 is 51.7. The molecule has 96 valence electrons. The fourth-order valence-corrected chi connectivity index (χ4v) is 2.38. The minimum absolute atomic E-state index is 0.204. The number of unbranched alkanes of at least 4 members (excludes halogenated alkanes) is 1. The van der Waals surface area contributed by atoms with Crippen LogP contribution in [0.5, 0.6) is 0 Å². The molecule has 0 heterocycles. The highest BCUT2D eigenvalue weighted by molar-refractivity contribution is 7.89. The third-order valence-corrected chi connectivity index (χ3v) is 3.64. The molecule has 7 heteroatoms. The molecule has 1 rings (SSSR count). The molecule has 17 heavy (non-hydrogen) atoms. The van der Waals surface area contributed by atoms with Crippen LogP contribution < -0.4 is 10.5 Å². The fourth-order valence-electron chi connectivity index (χ4n) is 1.21. The molecule has 1 aromatic rings. The van der Waals surface area contributed by atoms with E-state index in [9.17, 15) is 17.2 Å². The van der Waals surface area contributed by atoms with Crippen LogP contribution in [0.15, 0.2) is 17.0 Å². The normalized spacial score (nSPS) is 11.7. The van der Waals surface area contributed by atoms with E-state index in [-0.39, 0.29) is 6.54 Å². The molecule has 0 aliphatic rings. The summed E-state index contributed by atoms with van der Waals surface area (Å²) in [6.45, 7) is 2.10. The Bertz CT molecular complexity index is 503. The van der Waals surface area contributed by atoms with Crippen LogP contribution in [0.3, 0.4) is 0 Å². The van der Waals surface area contributed by atoms with Crippen LogP contribution in [0, 0.1) is 11.6 Å². The minimum atomic E-state index is -3.97. The van der Waals surface area contributed by atoms with Gasteiger partial charge < -0.3 is 5.73 Å². The number of anilines is 1. The molecule has 0 aromatic heterocycles. The van der Waals surface area contributed by atoms with E-state index >= 15 is 0 Å². The average Bonchev–Trinajstić information content (AvgIpc) is 2.23. The first-order valence-corrected chi connectivity index (χ1v) is 6.61. The van der Waals surface area contributed by atoms with Crippen molar-refractivity contribution < 1.29 is 17.2 Å². The second-order valence-corrected chi connectivity index (χ2v) is 5.29. The Labute approximate surface area is 98.9 Å². The summed E-state index contributed by atoms with van der Waals surface area (Å²) in [6.07, 6.45) is 1.44. The first-order valence-electron chi connectivity index (χ1n) is 5.12. The Kier molecular flexibility index (Phi) is 4.41. The fraction of sp³-hybridized carbons (Fsp3) is 0.400. The minimum Gasteiger partial charge on any atom is -0.396 e. The monoisotopic (exact) mass is 264 g/mol. The highest BCUT2D eigenvalue weighted by Gasteiger charge is 2.20. The zero-order chi connectivity index (χ0) is 13.1. The van der Waals surface area contributed by atoms with Gasteiger partial charge in [0.2, 0.25) is 10.0 Å². The maximum absolute atomic E-state index is 13.3. The molecule has 0 spiro atoms. The van der Waals surface area contributed by atoms with Crippen molar-refractivity contribution in [2.24, 2.45) is 0 Å². The van der Waals surface area contributed by atoms with E-state index in [1.165, 1.54) is 0 Å². The van der Waals surface area contributed by atoms with E-state index in [2.05, 4.69) is 4.72 Å². The van der Waals surface area contributed by atoms with E-state index in [0.29, 0.717) is 12.5 Å². The number of hydrogen-bond donors (Lipinski definition) is 2. The highest BCUT2D eigenvalue weighted by Crippen LogP contribution is 2.20. The number of nitrogens with two attached hydrogens (primary N) is 1. The van der Waals surface area contributed by atoms with Crippen molar-refractivity contribution in [2.45, 2.75) is 24.7 Å². The first kappa shape index (κ1) is 13.9. The van der Waals surface area contributed by atoms with Crippen LogP contribution in [0.1, 0.15) is 19.8 Å². The predicted molar refractivity (Wildman–Crippen MR) is 60.9 cm³/mol. The SMILES string of the molecule is CCCCNS(=O)(=O)c1cc(N)c(F)cc1F. The zero-order valence-corrected chi connectivity index (χ0v) is 10.2. The van der Waals surface area contributed by atoms with Crippen molar-refractivity contribution in [3.05, 3.63) is 23.8 Å². The topological polar surface area (TPSA) is 72.2 Å². The second-order valence-electron chi connectivity index (χ2n) is 3.56. The maximum Gasteiger partial charge on any atom is 0.243 e. The summed E-state index contributed by atoms with van der Waals surface area (Å²) in [5, 5.41) is 0. The van der Waals surface area contributed by atoms with E-state index in [1.807, 2.05) is 6.92 Å². The lowest BCUT2D eigenvalue weighted by molar-refractivity contribution is 0.543. The van der Waals surface area contributed by atoms with Gasteiger partial charge in [0.05, 0.1) is 5.69 Å². The molecule has 0 aliphatic carbocycles. The van der Waals surface area contributed by atoms with Crippen LogP contribution in [0.2, 0.25) is 0 Å². The summed E-state index contributed by atoms with van der Waals surface area (Å²) >= 11 is 0. The molecule has 0 atom stereocenters. The highest BCUT2D eigenvalue weighted by atomic mass is 32.2. The third kappa shape index (κ3) is 3.37. The summed E-state index contributed by atoms with van der Waals surface area (Å²) in [7, 11) is -3.97. The molecule has 1 aromatic carbocycles. The van der Waals surface area contributed by atoms with Gasteiger partial charge in [-0.05, 0) is 12.5 Å². The number of benzene rings is 1. The first-order chi connectivity index (χ1) is 7.88. The molecule has 3 N–H and O–H groups in total. The maximum atomic E-state index is 13.3. The summed E-state index contributed by atoms with van der Waals surface area (Å²) in [4.78, 5) is -0.632. The molecular formula is C10H14F2N2O2S. The van der Waals surface area contributed by atoms with E-state index in [0.717, 1.165) is 12.5 Å². The largest absolute Gasteiger partial charge is 0.396 e. The van der Waals surface area contributed by atoms with Gasteiger partial charge in [-0.15, -0.1) is 0 Å². The molecular weight excluding hydrogens is 250 g/mol. The number of nitrogen functional groups attached to an aromatic ring is 1. The summed E-state index contributed by atoms with van der Waals surface area (Å²) in [5.74, 6) is -2.13. The standard InChI is InChI=1S/C10H14F2N2O2S/c1-2-3-4-14-17(15,16)10-6-9(13)7(11)5-8(10)12/h5-6,14H,2-4,13H2,1H3. The van der Waals surface area contributed by atoms with Crippen molar-refractivity contribution in [1.29, 1.82) is 0 Å². The number of sulfonamides is 1. The Balaban J connectivity index is 3.03. The Morgan fingerprint density at radius 3 is 2.53 bits per heavy atom.